The zero-order valence-corrected chi connectivity index (χ0v) is 13.1. The Morgan fingerprint density at radius 2 is 2.14 bits per heavy atom. The van der Waals surface area contributed by atoms with Crippen molar-refractivity contribution in [3.8, 4) is 5.75 Å². The van der Waals surface area contributed by atoms with Gasteiger partial charge in [0.2, 0.25) is 0 Å². The molecule has 3 heteroatoms. The summed E-state index contributed by atoms with van der Waals surface area (Å²) in [6, 6.07) is 9.15. The first-order chi connectivity index (χ1) is 10.2. The van der Waals surface area contributed by atoms with Gasteiger partial charge in [0.05, 0.1) is 6.61 Å². The van der Waals surface area contributed by atoms with E-state index in [1.165, 1.54) is 18.4 Å². The molecule has 0 radical (unpaired) electrons. The Kier molecular flexibility index (Phi) is 3.23. The summed E-state index contributed by atoms with van der Waals surface area (Å²) >= 11 is 0. The van der Waals surface area contributed by atoms with E-state index < -0.39 is 0 Å². The van der Waals surface area contributed by atoms with Crippen molar-refractivity contribution >= 4 is 0 Å². The first-order valence-electron chi connectivity index (χ1n) is 8.37. The molecule has 1 saturated carbocycles. The Labute approximate surface area is 127 Å². The maximum atomic E-state index is 5.88. The molecule has 0 amide bonds. The minimum Gasteiger partial charge on any atom is -0.493 e. The Balaban J connectivity index is 1.55. The number of ether oxygens (including phenoxy) is 1. The highest BCUT2D eigenvalue weighted by Crippen LogP contribution is 2.45. The van der Waals surface area contributed by atoms with Gasteiger partial charge in [-0.05, 0) is 38.7 Å². The molecule has 1 saturated heterocycles. The number of nitrogens with zero attached hydrogens (tertiary/aromatic N) is 1. The van der Waals surface area contributed by atoms with Gasteiger partial charge in [-0.25, -0.2) is 0 Å². The molecule has 1 aliphatic carbocycles. The van der Waals surface area contributed by atoms with Gasteiger partial charge < -0.3 is 10.1 Å². The molecule has 4 rings (SSSR count). The van der Waals surface area contributed by atoms with Gasteiger partial charge in [-0.2, -0.15) is 0 Å². The van der Waals surface area contributed by atoms with Crippen molar-refractivity contribution < 1.29 is 4.74 Å². The van der Waals surface area contributed by atoms with E-state index in [1.54, 1.807) is 0 Å². The molecule has 1 aromatic carbocycles. The summed E-state index contributed by atoms with van der Waals surface area (Å²) in [6.45, 7) is 9.04. The van der Waals surface area contributed by atoms with Crippen LogP contribution < -0.4 is 10.1 Å². The smallest absolute Gasteiger partial charge is 0.122 e. The summed E-state index contributed by atoms with van der Waals surface area (Å²) in [7, 11) is 0. The van der Waals surface area contributed by atoms with Crippen molar-refractivity contribution in [3.63, 3.8) is 0 Å². The Hall–Kier alpha value is -1.06. The number of hydrogen-bond acceptors (Lipinski definition) is 3. The van der Waals surface area contributed by atoms with Crippen LogP contribution in [0.2, 0.25) is 0 Å². The van der Waals surface area contributed by atoms with Crippen molar-refractivity contribution in [1.82, 2.24) is 10.2 Å². The zero-order valence-electron chi connectivity index (χ0n) is 13.1. The zero-order chi connectivity index (χ0) is 14.4. The van der Waals surface area contributed by atoms with Gasteiger partial charge in [0, 0.05) is 42.7 Å². The van der Waals surface area contributed by atoms with E-state index >= 15 is 0 Å². The highest BCUT2D eigenvalue weighted by atomic mass is 16.5. The molecule has 0 aromatic heterocycles. The predicted molar refractivity (Wildman–Crippen MR) is 84.8 cm³/mol. The monoisotopic (exact) mass is 286 g/mol. The number of benzene rings is 1. The molecular weight excluding hydrogens is 260 g/mol. The number of rotatable bonds is 3. The van der Waals surface area contributed by atoms with Crippen LogP contribution in [0.25, 0.3) is 0 Å². The van der Waals surface area contributed by atoms with Gasteiger partial charge in [0.15, 0.2) is 0 Å². The fourth-order valence-corrected chi connectivity index (χ4v) is 4.13. The van der Waals surface area contributed by atoms with Crippen molar-refractivity contribution in [2.45, 2.75) is 44.2 Å². The van der Waals surface area contributed by atoms with E-state index in [1.807, 2.05) is 0 Å². The quantitative estimate of drug-likeness (QED) is 0.924. The Bertz CT molecular complexity index is 528. The van der Waals surface area contributed by atoms with Crippen molar-refractivity contribution in [3.05, 3.63) is 29.8 Å². The molecule has 3 unspecified atom stereocenters. The number of nitrogens with one attached hydrogen (secondary N) is 1. The molecule has 3 aliphatic rings. The molecule has 1 aromatic rings. The molecule has 1 N–H and O–H groups in total. The fraction of sp³-hybridized carbons (Fsp3) is 0.667. The molecule has 0 spiro atoms. The second-order valence-corrected chi connectivity index (χ2v) is 7.36. The third-order valence-corrected chi connectivity index (χ3v) is 5.72. The summed E-state index contributed by atoms with van der Waals surface area (Å²) < 4.78 is 5.88. The van der Waals surface area contributed by atoms with E-state index in [0.717, 1.165) is 37.9 Å². The van der Waals surface area contributed by atoms with Crippen molar-refractivity contribution in [1.29, 1.82) is 0 Å². The summed E-state index contributed by atoms with van der Waals surface area (Å²) in [6.07, 6.45) is 2.81. The number of para-hydroxylation sites is 1. The lowest BCUT2D eigenvalue weighted by atomic mass is 9.88. The largest absolute Gasteiger partial charge is 0.493 e. The number of fused-ring (bicyclic) bond motifs is 1. The highest BCUT2D eigenvalue weighted by Gasteiger charge is 2.48. The maximum absolute atomic E-state index is 5.88. The van der Waals surface area contributed by atoms with Gasteiger partial charge >= 0.3 is 0 Å². The highest BCUT2D eigenvalue weighted by molar-refractivity contribution is 5.39. The van der Waals surface area contributed by atoms with E-state index in [4.69, 9.17) is 4.74 Å². The number of hydrogen-bond donors (Lipinski definition) is 1. The second kappa shape index (κ2) is 4.99. The Morgan fingerprint density at radius 1 is 1.33 bits per heavy atom. The second-order valence-electron chi connectivity index (χ2n) is 7.36. The van der Waals surface area contributed by atoms with Gasteiger partial charge in [-0.1, -0.05) is 18.2 Å². The SMILES string of the molecule is CC1CN(CC2COc3ccccc32)C(C)(C2CC2)CN1. The van der Waals surface area contributed by atoms with Gasteiger partial charge in [-0.15, -0.1) is 0 Å². The first kappa shape index (κ1) is 13.6. The van der Waals surface area contributed by atoms with Gasteiger partial charge in [0.25, 0.3) is 0 Å². The van der Waals surface area contributed by atoms with Crippen molar-refractivity contribution in [2.75, 3.05) is 26.2 Å². The third kappa shape index (κ3) is 2.36. The van der Waals surface area contributed by atoms with E-state index in [9.17, 15) is 0 Å². The topological polar surface area (TPSA) is 24.5 Å². The first-order valence-corrected chi connectivity index (χ1v) is 8.37. The van der Waals surface area contributed by atoms with Gasteiger partial charge in [-0.3, -0.25) is 4.90 Å². The number of piperazine rings is 1. The minimum atomic E-state index is 0.337. The fourth-order valence-electron chi connectivity index (χ4n) is 4.13. The van der Waals surface area contributed by atoms with Crippen molar-refractivity contribution in [2.24, 2.45) is 5.92 Å². The maximum Gasteiger partial charge on any atom is 0.122 e. The van der Waals surface area contributed by atoms with Crippen LogP contribution in [-0.4, -0.2) is 42.7 Å². The average Bonchev–Trinajstić information content (AvgIpc) is 3.27. The van der Waals surface area contributed by atoms with Crippen LogP contribution in [0.3, 0.4) is 0 Å². The lowest BCUT2D eigenvalue weighted by molar-refractivity contribution is 0.0312. The van der Waals surface area contributed by atoms with E-state index in [-0.39, 0.29) is 0 Å². The van der Waals surface area contributed by atoms with Crippen LogP contribution in [0.15, 0.2) is 24.3 Å². The van der Waals surface area contributed by atoms with Crippen LogP contribution in [-0.2, 0) is 0 Å². The Morgan fingerprint density at radius 3 is 2.95 bits per heavy atom. The molecule has 114 valence electrons. The molecule has 2 heterocycles. The van der Waals surface area contributed by atoms with E-state index in [0.29, 0.717) is 17.5 Å². The summed E-state index contributed by atoms with van der Waals surface area (Å²) in [5.74, 6) is 2.51. The van der Waals surface area contributed by atoms with Crippen LogP contribution in [0, 0.1) is 5.92 Å². The van der Waals surface area contributed by atoms with Crippen LogP contribution in [0.1, 0.15) is 38.2 Å². The minimum absolute atomic E-state index is 0.337. The predicted octanol–water partition coefficient (Wildman–Crippen LogP) is 2.63. The summed E-state index contributed by atoms with van der Waals surface area (Å²) in [5, 5.41) is 3.70. The standard InChI is InChI=1S/C18H26N2O/c1-13-9-20(18(2,12-19-13)15-7-8-15)10-14-11-21-17-6-4-3-5-16(14)17/h3-6,13-15,19H,7-12H2,1-2H3. The molecule has 0 bridgehead atoms. The normalized spacial score (nSPS) is 36.3. The third-order valence-electron chi connectivity index (χ3n) is 5.72. The molecule has 2 aliphatic heterocycles. The molecule has 3 atom stereocenters. The molecule has 21 heavy (non-hydrogen) atoms. The van der Waals surface area contributed by atoms with Gasteiger partial charge in [0.1, 0.15) is 5.75 Å². The van der Waals surface area contributed by atoms with Crippen LogP contribution in [0.5, 0.6) is 5.75 Å². The lowest BCUT2D eigenvalue weighted by Crippen LogP contribution is -2.64. The lowest BCUT2D eigenvalue weighted by Gasteiger charge is -2.49. The molecular formula is C18H26N2O. The summed E-state index contributed by atoms with van der Waals surface area (Å²) in [5.41, 5.74) is 1.74. The average molecular weight is 286 g/mol. The van der Waals surface area contributed by atoms with Crippen LogP contribution >= 0.6 is 0 Å². The van der Waals surface area contributed by atoms with Crippen LogP contribution in [0.4, 0.5) is 0 Å². The molecule has 3 nitrogen and oxygen atoms in total. The van der Waals surface area contributed by atoms with E-state index in [2.05, 4.69) is 48.3 Å². The summed E-state index contributed by atoms with van der Waals surface area (Å²) in [4.78, 5) is 2.75. The molecule has 2 fully saturated rings.